The van der Waals surface area contributed by atoms with Gasteiger partial charge in [-0.3, -0.25) is 4.57 Å². The van der Waals surface area contributed by atoms with Crippen LogP contribution in [0.15, 0.2) is 11.8 Å². The summed E-state index contributed by atoms with van der Waals surface area (Å²) in [5.41, 5.74) is 0. The zero-order chi connectivity index (χ0) is 10.3. The second-order valence-corrected chi connectivity index (χ2v) is 3.88. The first-order valence-electron chi connectivity index (χ1n) is 3.90. The van der Waals surface area contributed by atoms with Gasteiger partial charge in [-0.25, -0.2) is 0 Å². The number of hydrogen-bond donors (Lipinski definition) is 0. The van der Waals surface area contributed by atoms with Gasteiger partial charge >= 0.3 is 7.60 Å². The number of methoxy groups -OCH3 is 1. The van der Waals surface area contributed by atoms with Crippen LogP contribution in [0.5, 0.6) is 0 Å². The van der Waals surface area contributed by atoms with Crippen molar-refractivity contribution in [3.63, 3.8) is 0 Å². The minimum atomic E-state index is -3.39. The summed E-state index contributed by atoms with van der Waals surface area (Å²) >= 11 is 0. The van der Waals surface area contributed by atoms with Crippen molar-refractivity contribution in [2.45, 2.75) is 13.8 Å². The summed E-state index contributed by atoms with van der Waals surface area (Å²) in [7, 11) is -2.20. The summed E-state index contributed by atoms with van der Waals surface area (Å²) in [6.45, 7) is 3.75. The van der Waals surface area contributed by atoms with Crippen molar-refractivity contribution in [2.75, 3.05) is 20.3 Å². The predicted molar refractivity (Wildman–Crippen MR) is 46.0 cm³/mol. The molecule has 0 aliphatic carbocycles. The average Bonchev–Trinajstić information content (AvgIpc) is 2.04. The molecule has 0 spiro atoms. The van der Waals surface area contributed by atoms with Crippen LogP contribution in [-0.2, 0) is 18.3 Å². The molecule has 13 heavy (non-hydrogen) atoms. The molecule has 6 heteroatoms. The lowest BCUT2D eigenvalue weighted by Gasteiger charge is -2.16. The van der Waals surface area contributed by atoms with Gasteiger partial charge in [-0.05, 0) is 21.0 Å². The maximum atomic E-state index is 11.6. The van der Waals surface area contributed by atoms with E-state index in [0.717, 1.165) is 5.82 Å². The van der Waals surface area contributed by atoms with Gasteiger partial charge in [0.05, 0.1) is 19.2 Å². The fourth-order valence-electron chi connectivity index (χ4n) is 0.653. The van der Waals surface area contributed by atoms with E-state index < -0.39 is 13.5 Å². The van der Waals surface area contributed by atoms with Gasteiger partial charge in [-0.2, -0.15) is 0 Å². The molecule has 0 rings (SSSR count). The largest absolute Gasteiger partial charge is 0.616 e. The molecular weight excluding hydrogens is 195 g/mol. The first kappa shape index (κ1) is 12.5. The molecule has 0 aromatic rings. The Morgan fingerprint density at radius 2 is 1.85 bits per heavy atom. The maximum Gasteiger partial charge on any atom is 0.355 e. The van der Waals surface area contributed by atoms with Gasteiger partial charge in [0.25, 0.3) is 0 Å². The summed E-state index contributed by atoms with van der Waals surface area (Å²) in [6, 6.07) is 0. The first-order chi connectivity index (χ1) is 6.08. The highest BCUT2D eigenvalue weighted by Crippen LogP contribution is 2.49. The molecule has 0 fully saturated rings. The molecule has 78 valence electrons. The van der Waals surface area contributed by atoms with E-state index >= 15 is 0 Å². The third-order valence-corrected chi connectivity index (χ3v) is 2.85. The number of ether oxygens (including phenoxy) is 1. The number of hydrogen-bond acceptors (Lipinski definition) is 5. The topological polar surface area (TPSA) is 67.8 Å². The Morgan fingerprint density at radius 3 is 2.15 bits per heavy atom. The molecule has 0 heterocycles. The Bertz CT molecular complexity index is 203. The monoisotopic (exact) mass is 209 g/mol. The van der Waals surface area contributed by atoms with Crippen LogP contribution >= 0.6 is 7.60 Å². The minimum Gasteiger partial charge on any atom is -0.616 e. The molecule has 0 aliphatic heterocycles. The molecule has 0 radical (unpaired) electrons. The summed E-state index contributed by atoms with van der Waals surface area (Å²) in [6.07, 6.45) is 0. The van der Waals surface area contributed by atoms with Crippen LogP contribution in [0, 0.1) is 0 Å². The van der Waals surface area contributed by atoms with Gasteiger partial charge in [0.1, 0.15) is 0 Å². The van der Waals surface area contributed by atoms with Crippen molar-refractivity contribution < 1.29 is 23.5 Å². The van der Waals surface area contributed by atoms with Crippen LogP contribution in [0.1, 0.15) is 13.8 Å². The fourth-order valence-corrected chi connectivity index (χ4v) is 1.96. The van der Waals surface area contributed by atoms with Crippen LogP contribution in [-0.4, -0.2) is 20.3 Å². The Morgan fingerprint density at radius 1 is 1.38 bits per heavy atom. The van der Waals surface area contributed by atoms with Crippen molar-refractivity contribution in [2.24, 2.45) is 0 Å². The lowest BCUT2D eigenvalue weighted by atomic mass is 10.9. The lowest BCUT2D eigenvalue weighted by molar-refractivity contribution is -0.352. The highest BCUT2D eigenvalue weighted by Gasteiger charge is 2.19. The van der Waals surface area contributed by atoms with E-state index in [1.807, 2.05) is 0 Å². The SMILES string of the molecule is CCOP(=O)(/C=C(/[O-])OC)OCC. The molecule has 0 saturated carbocycles. The van der Waals surface area contributed by atoms with E-state index in [-0.39, 0.29) is 13.2 Å². The normalized spacial score (nSPS) is 13.0. The molecule has 0 amide bonds. The molecule has 0 aromatic carbocycles. The highest BCUT2D eigenvalue weighted by molar-refractivity contribution is 7.57. The summed E-state index contributed by atoms with van der Waals surface area (Å²) < 4.78 is 25.5. The fraction of sp³-hybridized carbons (Fsp3) is 0.714. The van der Waals surface area contributed by atoms with Gasteiger partial charge in [-0.1, -0.05) is 0 Å². The van der Waals surface area contributed by atoms with E-state index in [0.29, 0.717) is 0 Å². The van der Waals surface area contributed by atoms with E-state index in [2.05, 4.69) is 4.74 Å². The standard InChI is InChI=1S/C7H15O5P/c1-4-11-13(9,12-5-2)6-7(8)10-3/h6,8H,4-5H2,1-3H3/p-1/b7-6-. The Balaban J connectivity index is 4.49. The molecule has 0 saturated heterocycles. The van der Waals surface area contributed by atoms with E-state index in [1.165, 1.54) is 7.11 Å². The zero-order valence-electron chi connectivity index (χ0n) is 7.98. The van der Waals surface area contributed by atoms with Gasteiger partial charge in [-0.15, -0.1) is 0 Å². The molecule has 0 N–H and O–H groups in total. The molecule has 0 aromatic heterocycles. The van der Waals surface area contributed by atoms with Gasteiger partial charge in [0.15, 0.2) is 0 Å². The second-order valence-electron chi connectivity index (χ2n) is 2.03. The summed E-state index contributed by atoms with van der Waals surface area (Å²) in [5, 5.41) is 10.8. The van der Waals surface area contributed by atoms with Crippen LogP contribution in [0.25, 0.3) is 0 Å². The molecule has 5 nitrogen and oxygen atoms in total. The molecule has 0 bridgehead atoms. The van der Waals surface area contributed by atoms with E-state index in [9.17, 15) is 9.67 Å². The molecule has 0 unspecified atom stereocenters. The smallest absolute Gasteiger partial charge is 0.355 e. The highest BCUT2D eigenvalue weighted by atomic mass is 31.2. The summed E-state index contributed by atoms with van der Waals surface area (Å²) in [4.78, 5) is 0. The Labute approximate surface area is 77.8 Å². The number of rotatable bonds is 6. The van der Waals surface area contributed by atoms with Crippen LogP contribution in [0.3, 0.4) is 0 Å². The van der Waals surface area contributed by atoms with Crippen molar-refractivity contribution in [3.8, 4) is 0 Å². The third kappa shape index (κ3) is 4.93. The van der Waals surface area contributed by atoms with Crippen LogP contribution in [0.4, 0.5) is 0 Å². The van der Waals surface area contributed by atoms with Gasteiger partial charge in [0, 0.05) is 5.82 Å². The van der Waals surface area contributed by atoms with Crippen molar-refractivity contribution in [1.29, 1.82) is 0 Å². The van der Waals surface area contributed by atoms with Crippen molar-refractivity contribution in [3.05, 3.63) is 11.8 Å². The Hall–Kier alpha value is -0.510. The van der Waals surface area contributed by atoms with Crippen LogP contribution < -0.4 is 5.11 Å². The molecule has 0 aliphatic rings. The van der Waals surface area contributed by atoms with E-state index in [4.69, 9.17) is 9.05 Å². The van der Waals surface area contributed by atoms with Crippen molar-refractivity contribution >= 4 is 7.60 Å². The molecular formula is C7H14O5P-. The van der Waals surface area contributed by atoms with Gasteiger partial charge < -0.3 is 18.9 Å². The van der Waals surface area contributed by atoms with E-state index in [1.54, 1.807) is 13.8 Å². The maximum absolute atomic E-state index is 11.6. The minimum absolute atomic E-state index is 0.213. The van der Waals surface area contributed by atoms with Crippen LogP contribution in [0.2, 0.25) is 0 Å². The zero-order valence-corrected chi connectivity index (χ0v) is 8.87. The van der Waals surface area contributed by atoms with Crippen molar-refractivity contribution in [1.82, 2.24) is 0 Å². The Kier molecular flexibility index (Phi) is 5.79. The average molecular weight is 209 g/mol. The second kappa shape index (κ2) is 6.02. The first-order valence-corrected chi connectivity index (χ1v) is 5.51. The lowest BCUT2D eigenvalue weighted by Crippen LogP contribution is -2.06. The third-order valence-electron chi connectivity index (χ3n) is 1.08. The summed E-state index contributed by atoms with van der Waals surface area (Å²) in [5.74, 6) is 0.116. The quantitative estimate of drug-likeness (QED) is 0.483. The predicted octanol–water partition coefficient (Wildman–Crippen LogP) is 1.06. The molecule has 0 atom stereocenters. The van der Waals surface area contributed by atoms with Gasteiger partial charge in [0.2, 0.25) is 0 Å².